The number of carbonyl (C=O) groups excluding carboxylic acids is 2. The number of aryl methyl sites for hydroxylation is 1. The van der Waals surface area contributed by atoms with Crippen LogP contribution in [0.3, 0.4) is 0 Å². The molecule has 2 amide bonds. The Morgan fingerprint density at radius 2 is 1.77 bits per heavy atom. The van der Waals surface area contributed by atoms with E-state index in [-0.39, 0.29) is 17.2 Å². The van der Waals surface area contributed by atoms with Gasteiger partial charge in [-0.05, 0) is 75.5 Å². The molecule has 230 valence electrons. The second-order valence-corrected chi connectivity index (χ2v) is 12.4. The Labute approximate surface area is 253 Å². The minimum Gasteiger partial charge on any atom is -0.368 e. The Bertz CT molecular complexity index is 1640. The first-order valence-corrected chi connectivity index (χ1v) is 15.0. The van der Waals surface area contributed by atoms with Crippen molar-refractivity contribution in [1.29, 1.82) is 0 Å². The summed E-state index contributed by atoms with van der Waals surface area (Å²) in [6.07, 6.45) is 0.768. The first-order valence-electron chi connectivity index (χ1n) is 15.0. The predicted octanol–water partition coefficient (Wildman–Crippen LogP) is 4.96. The molecule has 3 aromatic rings. The van der Waals surface area contributed by atoms with Crippen LogP contribution in [0.2, 0.25) is 0 Å². The zero-order valence-electron chi connectivity index (χ0n) is 24.7. The number of hydrogen-bond donors (Lipinski definition) is 2. The minimum atomic E-state index is -4.62. The predicted molar refractivity (Wildman–Crippen MR) is 161 cm³/mol. The second kappa shape index (κ2) is 10.5. The number of alkyl halides is 3. The number of nitrogens with zero attached hydrogens (tertiary/aromatic N) is 5. The molecular weight excluding hydrogens is 571 g/mol. The second-order valence-electron chi connectivity index (χ2n) is 12.4. The normalized spacial score (nSPS) is 19.6. The van der Waals surface area contributed by atoms with Crippen molar-refractivity contribution in [2.45, 2.75) is 56.8 Å². The first kappa shape index (κ1) is 28.6. The van der Waals surface area contributed by atoms with Crippen LogP contribution in [0.4, 0.5) is 36.2 Å². The highest BCUT2D eigenvalue weighted by molar-refractivity contribution is 6.07. The maximum Gasteiger partial charge on any atom is 0.418 e. The monoisotopic (exact) mass is 605 g/mol. The van der Waals surface area contributed by atoms with Crippen LogP contribution < -0.4 is 20.4 Å². The van der Waals surface area contributed by atoms with Crippen molar-refractivity contribution in [2.75, 3.05) is 53.7 Å². The number of carbonyl (C=O) groups is 2. The van der Waals surface area contributed by atoms with Crippen molar-refractivity contribution in [1.82, 2.24) is 14.9 Å². The summed E-state index contributed by atoms with van der Waals surface area (Å²) in [5, 5.41) is 6.07. The molecule has 7 rings (SSSR count). The largest absolute Gasteiger partial charge is 0.418 e. The lowest BCUT2D eigenvalue weighted by molar-refractivity contribution is -0.137. The molecule has 0 unspecified atom stereocenters. The smallest absolute Gasteiger partial charge is 0.368 e. The molecule has 2 saturated carbocycles. The van der Waals surface area contributed by atoms with Crippen LogP contribution in [0.5, 0.6) is 0 Å². The minimum absolute atomic E-state index is 0.0398. The van der Waals surface area contributed by atoms with E-state index in [0.29, 0.717) is 68.9 Å². The van der Waals surface area contributed by atoms with E-state index in [4.69, 9.17) is 4.98 Å². The van der Waals surface area contributed by atoms with Crippen LogP contribution in [-0.4, -0.2) is 66.0 Å². The summed E-state index contributed by atoms with van der Waals surface area (Å²) in [6.45, 7) is 4.45. The van der Waals surface area contributed by atoms with Gasteiger partial charge in [0.15, 0.2) is 0 Å². The number of hydrogen-bond acceptors (Lipinski definition) is 7. The standard InChI is InChI=1S/C32H34F3N7O2/c1-19-3-5-23(37-28(43)20-4-8-25(24(15-20)32(33,34)35)41-13-11-40(2)12-14-41)16-26(19)42-18-21-17-36-30(38-22-6-7-22)39-27(21)31(9-10-31)29(42)44/h3-5,8,15-17,22H,6-7,9-14,18H2,1-2H3,(H,37,43)(H,36,38,39). The Morgan fingerprint density at radius 3 is 2.45 bits per heavy atom. The SMILES string of the molecule is Cc1ccc(NC(=O)c2ccc(N3CCN(C)CC3)c(C(F)(F)F)c2)cc1N1Cc2cnc(NC3CC3)nc2C2(CC2)C1=O. The number of anilines is 4. The number of rotatable bonds is 6. The van der Waals surface area contributed by atoms with Crippen LogP contribution in [-0.2, 0) is 22.9 Å². The number of halogens is 3. The van der Waals surface area contributed by atoms with Crippen LogP contribution in [0, 0.1) is 6.92 Å². The Balaban J connectivity index is 1.13. The summed E-state index contributed by atoms with van der Waals surface area (Å²) in [6, 6.07) is 9.33. The Hall–Kier alpha value is -4.19. The van der Waals surface area contributed by atoms with Gasteiger partial charge in [-0.25, -0.2) is 9.97 Å². The van der Waals surface area contributed by atoms with Crippen molar-refractivity contribution in [3.8, 4) is 0 Å². The number of likely N-dealkylation sites (N-methyl/N-ethyl adjacent to an activating group) is 1. The van der Waals surface area contributed by atoms with Gasteiger partial charge in [-0.1, -0.05) is 6.07 Å². The highest BCUT2D eigenvalue weighted by atomic mass is 19.4. The fraction of sp³-hybridized carbons (Fsp3) is 0.438. The van der Waals surface area contributed by atoms with Gasteiger partial charge in [0.05, 0.1) is 23.2 Å². The number of benzene rings is 2. The molecule has 2 aliphatic heterocycles. The van der Waals surface area contributed by atoms with E-state index < -0.39 is 23.1 Å². The van der Waals surface area contributed by atoms with E-state index in [1.54, 1.807) is 34.2 Å². The number of fused-ring (bicyclic) bond motifs is 2. The molecule has 0 atom stereocenters. The van der Waals surface area contributed by atoms with Crippen molar-refractivity contribution >= 4 is 34.8 Å². The van der Waals surface area contributed by atoms with Gasteiger partial charge in [0, 0.05) is 66.6 Å². The van der Waals surface area contributed by atoms with Crippen molar-refractivity contribution in [3.63, 3.8) is 0 Å². The first-order chi connectivity index (χ1) is 21.0. The number of aromatic nitrogens is 2. The Morgan fingerprint density at radius 1 is 1.02 bits per heavy atom. The average Bonchev–Trinajstić information content (AvgIpc) is 3.93. The Kier molecular flexibility index (Phi) is 6.80. The van der Waals surface area contributed by atoms with Gasteiger partial charge in [0.25, 0.3) is 5.91 Å². The summed E-state index contributed by atoms with van der Waals surface area (Å²) < 4.78 is 42.4. The lowest BCUT2D eigenvalue weighted by Gasteiger charge is -2.35. The summed E-state index contributed by atoms with van der Waals surface area (Å²) in [4.78, 5) is 41.9. The third kappa shape index (κ3) is 5.25. The van der Waals surface area contributed by atoms with Gasteiger partial charge in [-0.15, -0.1) is 0 Å². The molecule has 9 nitrogen and oxygen atoms in total. The van der Waals surface area contributed by atoms with Gasteiger partial charge in [-0.3, -0.25) is 9.59 Å². The molecule has 1 saturated heterocycles. The molecule has 0 bridgehead atoms. The van der Waals surface area contributed by atoms with Crippen molar-refractivity contribution in [2.24, 2.45) is 0 Å². The van der Waals surface area contributed by atoms with Gasteiger partial charge in [-0.2, -0.15) is 13.2 Å². The van der Waals surface area contributed by atoms with Crippen molar-refractivity contribution < 1.29 is 22.8 Å². The third-order valence-corrected chi connectivity index (χ3v) is 9.13. The highest BCUT2D eigenvalue weighted by Gasteiger charge is 2.58. The van der Waals surface area contributed by atoms with E-state index >= 15 is 0 Å². The maximum atomic E-state index is 14.1. The lowest BCUT2D eigenvalue weighted by atomic mass is 9.91. The van der Waals surface area contributed by atoms with Crippen molar-refractivity contribution in [3.05, 3.63) is 70.5 Å². The van der Waals surface area contributed by atoms with Gasteiger partial charge in [0.2, 0.25) is 11.9 Å². The highest BCUT2D eigenvalue weighted by Crippen LogP contribution is 2.53. The fourth-order valence-electron chi connectivity index (χ4n) is 6.20. The number of amides is 2. The molecule has 12 heteroatoms. The van der Waals surface area contributed by atoms with Gasteiger partial charge >= 0.3 is 6.18 Å². The van der Waals surface area contributed by atoms with Crippen LogP contribution in [0.25, 0.3) is 0 Å². The molecule has 3 heterocycles. The number of piperazine rings is 1. The molecule has 0 radical (unpaired) electrons. The maximum absolute atomic E-state index is 14.1. The molecule has 1 spiro atoms. The molecule has 2 aliphatic carbocycles. The van der Waals surface area contributed by atoms with Crippen LogP contribution >= 0.6 is 0 Å². The molecule has 44 heavy (non-hydrogen) atoms. The van der Waals surface area contributed by atoms with Gasteiger partial charge < -0.3 is 25.3 Å². The molecule has 4 aliphatic rings. The third-order valence-electron chi connectivity index (χ3n) is 9.13. The molecule has 1 aromatic heterocycles. The quantitative estimate of drug-likeness (QED) is 0.410. The summed E-state index contributed by atoms with van der Waals surface area (Å²) in [5.41, 5.74) is 2.01. The molecular formula is C32H34F3N7O2. The van der Waals surface area contributed by atoms with E-state index in [1.165, 1.54) is 12.1 Å². The summed E-state index contributed by atoms with van der Waals surface area (Å²) in [5.74, 6) is -0.139. The van der Waals surface area contributed by atoms with E-state index in [9.17, 15) is 22.8 Å². The van der Waals surface area contributed by atoms with E-state index in [0.717, 1.165) is 35.7 Å². The van der Waals surface area contributed by atoms with E-state index in [2.05, 4.69) is 20.5 Å². The summed E-state index contributed by atoms with van der Waals surface area (Å²) in [7, 11) is 1.94. The fourth-order valence-corrected chi connectivity index (χ4v) is 6.20. The van der Waals surface area contributed by atoms with E-state index in [1.807, 2.05) is 14.0 Å². The summed E-state index contributed by atoms with van der Waals surface area (Å²) >= 11 is 0. The van der Waals surface area contributed by atoms with Crippen LogP contribution in [0.1, 0.15) is 58.4 Å². The topological polar surface area (TPSA) is 93.7 Å². The zero-order valence-corrected chi connectivity index (χ0v) is 24.7. The molecule has 3 fully saturated rings. The molecule has 2 N–H and O–H groups in total. The average molecular weight is 606 g/mol. The number of nitrogens with one attached hydrogen (secondary N) is 2. The van der Waals surface area contributed by atoms with Gasteiger partial charge in [0.1, 0.15) is 0 Å². The molecule has 2 aromatic carbocycles. The van der Waals surface area contributed by atoms with Crippen LogP contribution in [0.15, 0.2) is 42.6 Å². The zero-order chi connectivity index (χ0) is 30.8. The lowest BCUT2D eigenvalue weighted by Crippen LogP contribution is -2.45.